The van der Waals surface area contributed by atoms with Crippen molar-refractivity contribution in [3.63, 3.8) is 0 Å². The lowest BCUT2D eigenvalue weighted by Gasteiger charge is -2.37. The third kappa shape index (κ3) is 2.54. The van der Waals surface area contributed by atoms with Gasteiger partial charge in [0.05, 0.1) is 18.2 Å². The quantitative estimate of drug-likeness (QED) is 0.772. The minimum absolute atomic E-state index is 0.0640. The molecule has 2 saturated heterocycles. The number of carbonyl (C=O) groups is 1. The van der Waals surface area contributed by atoms with Gasteiger partial charge in [0.1, 0.15) is 0 Å². The number of thioether (sulfide) groups is 1. The monoisotopic (exact) mass is 298 g/mol. The van der Waals surface area contributed by atoms with Crippen molar-refractivity contribution in [1.82, 2.24) is 20.2 Å². The van der Waals surface area contributed by atoms with E-state index >= 15 is 0 Å². The first-order chi connectivity index (χ1) is 9.74. The Balaban J connectivity index is 1.79. The summed E-state index contributed by atoms with van der Waals surface area (Å²) in [5.41, 5.74) is -0.0640. The highest BCUT2D eigenvalue weighted by Gasteiger charge is 2.42. The molecule has 1 aromatic heterocycles. The van der Waals surface area contributed by atoms with Gasteiger partial charge in [0.2, 0.25) is 0 Å². The van der Waals surface area contributed by atoms with Crippen molar-refractivity contribution in [3.8, 4) is 0 Å². The second-order valence-corrected chi connectivity index (χ2v) is 6.25. The minimum Gasteiger partial charge on any atom is -0.460 e. The highest BCUT2D eigenvalue weighted by Crippen LogP contribution is 2.41. The van der Waals surface area contributed by atoms with Crippen LogP contribution < -0.4 is 0 Å². The molecule has 2 aliphatic rings. The molecule has 3 rings (SSSR count). The zero-order valence-electron chi connectivity index (χ0n) is 11.4. The molecule has 0 saturated carbocycles. The highest BCUT2D eigenvalue weighted by atomic mass is 32.2. The summed E-state index contributed by atoms with van der Waals surface area (Å²) in [5, 5.41) is 11.4. The van der Waals surface area contributed by atoms with E-state index in [1.54, 1.807) is 11.6 Å². The van der Waals surface area contributed by atoms with E-state index in [-0.39, 0.29) is 17.5 Å². The van der Waals surface area contributed by atoms with E-state index in [1.165, 1.54) is 0 Å². The van der Waals surface area contributed by atoms with Gasteiger partial charge in [-0.2, -0.15) is 11.8 Å². The Labute approximate surface area is 121 Å². The molecule has 7 nitrogen and oxygen atoms in total. The van der Waals surface area contributed by atoms with Gasteiger partial charge in [-0.05, 0) is 42.4 Å². The van der Waals surface area contributed by atoms with Crippen LogP contribution in [0.15, 0.2) is 0 Å². The van der Waals surface area contributed by atoms with Crippen molar-refractivity contribution in [2.45, 2.75) is 37.8 Å². The Kier molecular flexibility index (Phi) is 3.93. The predicted molar refractivity (Wildman–Crippen MR) is 72.7 cm³/mol. The second kappa shape index (κ2) is 5.69. The molecule has 0 aliphatic carbocycles. The van der Waals surface area contributed by atoms with Crippen LogP contribution in [0.25, 0.3) is 0 Å². The summed E-state index contributed by atoms with van der Waals surface area (Å²) < 4.78 is 12.6. The van der Waals surface area contributed by atoms with E-state index in [4.69, 9.17) is 9.47 Å². The Morgan fingerprint density at radius 1 is 1.65 bits per heavy atom. The summed E-state index contributed by atoms with van der Waals surface area (Å²) in [6.45, 7) is 2.78. The lowest BCUT2D eigenvalue weighted by Crippen LogP contribution is -2.41. The zero-order chi connectivity index (χ0) is 14.0. The van der Waals surface area contributed by atoms with Crippen LogP contribution >= 0.6 is 11.8 Å². The van der Waals surface area contributed by atoms with Crippen molar-refractivity contribution < 1.29 is 14.3 Å². The van der Waals surface area contributed by atoms with E-state index in [0.29, 0.717) is 13.2 Å². The molecule has 0 radical (unpaired) electrons. The second-order valence-electron chi connectivity index (χ2n) is 5.15. The molecular weight excluding hydrogens is 280 g/mol. The predicted octanol–water partition coefficient (Wildman–Crippen LogP) is 1.08. The number of nitrogens with zero attached hydrogens (tertiary/aromatic N) is 4. The number of esters is 1. The van der Waals surface area contributed by atoms with Crippen molar-refractivity contribution >= 4 is 17.7 Å². The van der Waals surface area contributed by atoms with Crippen molar-refractivity contribution in [2.24, 2.45) is 0 Å². The standard InChI is InChI=1S/C12H18N4O3S/c1-2-18-11(17)10-13-14-15-16(10)9-3-5-19-12(7-9)4-6-20-8-12/h9H,2-8H2,1H3. The molecule has 8 heteroatoms. The number of carbonyl (C=O) groups excluding carboxylic acids is 1. The molecule has 1 spiro atoms. The Morgan fingerprint density at radius 3 is 3.30 bits per heavy atom. The molecule has 0 bridgehead atoms. The molecule has 2 aliphatic heterocycles. The number of hydrogen-bond acceptors (Lipinski definition) is 7. The molecule has 2 atom stereocenters. The van der Waals surface area contributed by atoms with Crippen LogP contribution in [0, 0.1) is 0 Å². The van der Waals surface area contributed by atoms with Gasteiger partial charge in [0.15, 0.2) is 0 Å². The summed E-state index contributed by atoms with van der Waals surface area (Å²) in [7, 11) is 0. The van der Waals surface area contributed by atoms with Crippen LogP contribution in [0.3, 0.4) is 0 Å². The normalized spacial score (nSPS) is 29.8. The maximum absolute atomic E-state index is 11.9. The first kappa shape index (κ1) is 13.8. The van der Waals surface area contributed by atoms with Gasteiger partial charge >= 0.3 is 5.97 Å². The average Bonchev–Trinajstić information content (AvgIpc) is 3.09. The topological polar surface area (TPSA) is 79.1 Å². The first-order valence-corrected chi connectivity index (χ1v) is 8.06. The molecule has 110 valence electrons. The van der Waals surface area contributed by atoms with Gasteiger partial charge in [-0.3, -0.25) is 0 Å². The minimum atomic E-state index is -0.459. The van der Waals surface area contributed by atoms with Gasteiger partial charge in [-0.1, -0.05) is 0 Å². The fraction of sp³-hybridized carbons (Fsp3) is 0.833. The van der Waals surface area contributed by atoms with Gasteiger partial charge in [-0.25, -0.2) is 9.48 Å². The van der Waals surface area contributed by atoms with E-state index in [9.17, 15) is 4.79 Å². The largest absolute Gasteiger partial charge is 0.460 e. The highest BCUT2D eigenvalue weighted by molar-refractivity contribution is 7.99. The summed E-state index contributed by atoms with van der Waals surface area (Å²) >= 11 is 1.92. The maximum atomic E-state index is 11.9. The Morgan fingerprint density at radius 2 is 2.55 bits per heavy atom. The van der Waals surface area contributed by atoms with Crippen molar-refractivity contribution in [2.75, 3.05) is 24.7 Å². The van der Waals surface area contributed by atoms with E-state index in [2.05, 4.69) is 15.5 Å². The van der Waals surface area contributed by atoms with Gasteiger partial charge in [0, 0.05) is 12.4 Å². The summed E-state index contributed by atoms with van der Waals surface area (Å²) in [6.07, 6.45) is 2.74. The molecule has 0 aromatic carbocycles. The van der Waals surface area contributed by atoms with Crippen LogP contribution in [0.4, 0.5) is 0 Å². The van der Waals surface area contributed by atoms with E-state index in [1.807, 2.05) is 11.8 Å². The third-order valence-electron chi connectivity index (χ3n) is 3.83. The maximum Gasteiger partial charge on any atom is 0.378 e. The fourth-order valence-electron chi connectivity index (χ4n) is 2.84. The number of tetrazole rings is 1. The summed E-state index contributed by atoms with van der Waals surface area (Å²) in [4.78, 5) is 11.9. The van der Waals surface area contributed by atoms with Crippen molar-refractivity contribution in [3.05, 3.63) is 5.82 Å². The summed E-state index contributed by atoms with van der Waals surface area (Å²) in [6, 6.07) is 0.108. The van der Waals surface area contributed by atoms with Crippen molar-refractivity contribution in [1.29, 1.82) is 0 Å². The lowest BCUT2D eigenvalue weighted by molar-refractivity contribution is -0.0784. The molecule has 0 amide bonds. The number of ether oxygens (including phenoxy) is 2. The first-order valence-electron chi connectivity index (χ1n) is 6.91. The van der Waals surface area contributed by atoms with Gasteiger partial charge < -0.3 is 9.47 Å². The van der Waals surface area contributed by atoms with E-state index < -0.39 is 5.97 Å². The molecule has 2 fully saturated rings. The SMILES string of the molecule is CCOC(=O)c1nnnn1C1CCOC2(CCSC2)C1. The zero-order valence-corrected chi connectivity index (χ0v) is 12.3. The molecule has 0 N–H and O–H groups in total. The van der Waals surface area contributed by atoms with Gasteiger partial charge in [-0.15, -0.1) is 5.10 Å². The number of aromatic nitrogens is 4. The molecule has 3 heterocycles. The van der Waals surface area contributed by atoms with E-state index in [0.717, 1.165) is 30.8 Å². The molecule has 20 heavy (non-hydrogen) atoms. The molecular formula is C12H18N4O3S. The van der Waals surface area contributed by atoms with Crippen LogP contribution in [-0.2, 0) is 9.47 Å². The number of hydrogen-bond donors (Lipinski definition) is 0. The third-order valence-corrected chi connectivity index (χ3v) is 5.05. The average molecular weight is 298 g/mol. The smallest absolute Gasteiger partial charge is 0.378 e. The van der Waals surface area contributed by atoms with Crippen LogP contribution in [0.2, 0.25) is 0 Å². The molecule has 1 aromatic rings. The van der Waals surface area contributed by atoms with Crippen LogP contribution in [-0.4, -0.2) is 56.5 Å². The van der Waals surface area contributed by atoms with Crippen LogP contribution in [0.5, 0.6) is 0 Å². The fourth-order valence-corrected chi connectivity index (χ4v) is 4.22. The lowest BCUT2D eigenvalue weighted by atomic mass is 9.90. The number of rotatable bonds is 3. The molecule has 2 unspecified atom stereocenters. The Hall–Kier alpha value is -1.15. The van der Waals surface area contributed by atoms with Gasteiger partial charge in [0.25, 0.3) is 5.82 Å². The summed E-state index contributed by atoms with van der Waals surface area (Å²) in [5.74, 6) is 1.88. The van der Waals surface area contributed by atoms with Crippen LogP contribution in [0.1, 0.15) is 42.8 Å². The Bertz CT molecular complexity index is 487.